The van der Waals surface area contributed by atoms with Crippen LogP contribution in [0.4, 0.5) is 0 Å². The molecule has 1 N–H and O–H groups in total. The minimum absolute atomic E-state index is 0.225. The normalized spacial score (nSPS) is 29.2. The molecular weight excluding hydrogens is 430 g/mol. The highest BCUT2D eigenvalue weighted by atomic mass is 16.6. The van der Waals surface area contributed by atoms with Crippen LogP contribution in [-0.2, 0) is 9.53 Å². The van der Waals surface area contributed by atoms with Gasteiger partial charge in [0, 0.05) is 23.7 Å². The number of allylic oxidation sites excluding steroid dienone is 3. The zero-order valence-electron chi connectivity index (χ0n) is 24.9. The maximum atomic E-state index is 10.2. The van der Waals surface area contributed by atoms with Crippen LogP contribution in [0.15, 0.2) is 23.5 Å². The average Bonchev–Trinajstić information content (AvgIpc) is 2.99. The van der Waals surface area contributed by atoms with Gasteiger partial charge in [0.25, 0.3) is 0 Å². The molecule has 0 bridgehead atoms. The van der Waals surface area contributed by atoms with Crippen molar-refractivity contribution in [1.29, 1.82) is 0 Å². The molecule has 0 radical (unpaired) electrons. The minimum Gasteiger partial charge on any atom is -0.460 e. The van der Waals surface area contributed by atoms with Crippen molar-refractivity contribution in [2.24, 2.45) is 23.2 Å². The van der Waals surface area contributed by atoms with Crippen molar-refractivity contribution in [3.8, 4) is 0 Å². The van der Waals surface area contributed by atoms with Crippen molar-refractivity contribution in [1.82, 2.24) is 5.32 Å². The second-order valence-corrected chi connectivity index (χ2v) is 12.6. The second kappa shape index (κ2) is 15.1. The van der Waals surface area contributed by atoms with Gasteiger partial charge < -0.3 is 10.1 Å². The monoisotopic (exact) mass is 489 g/mol. The van der Waals surface area contributed by atoms with Gasteiger partial charge in [-0.1, -0.05) is 84.8 Å². The van der Waals surface area contributed by atoms with Gasteiger partial charge >= 0.3 is 5.97 Å². The molecular formula is C32H59NO2. The predicted molar refractivity (Wildman–Crippen MR) is 152 cm³/mol. The lowest BCUT2D eigenvalue weighted by atomic mass is 9.69. The van der Waals surface area contributed by atoms with Crippen molar-refractivity contribution >= 4 is 5.97 Å². The zero-order valence-corrected chi connectivity index (χ0v) is 24.9. The first kappa shape index (κ1) is 31.8. The lowest BCUT2D eigenvalue weighted by Crippen LogP contribution is -2.38. The molecule has 35 heavy (non-hydrogen) atoms. The van der Waals surface area contributed by atoms with Crippen molar-refractivity contribution in [3.05, 3.63) is 23.5 Å². The Hall–Kier alpha value is -1.25. The summed E-state index contributed by atoms with van der Waals surface area (Å²) in [7, 11) is 0. The van der Waals surface area contributed by atoms with E-state index < -0.39 is 0 Å². The summed E-state index contributed by atoms with van der Waals surface area (Å²) in [5.74, 6) is 2.43. The standard InChI is InChI=1S/C22H37N.C6H12O2.C4H10/c1-5-19-7-6-13-22(14-12-19)15-17(3)21(23-18(22)4)20-10-8-16(2)9-11-20;1-5(7)8-6(2,3)4;1-3-4-2/h16,19-20,23H,4-15H2,1-3H3;1-4H3;3-4H2,1-2H3. The Morgan fingerprint density at radius 2 is 1.63 bits per heavy atom. The zero-order chi connectivity index (χ0) is 26.6. The van der Waals surface area contributed by atoms with E-state index in [0.29, 0.717) is 5.41 Å². The molecule has 3 aliphatic rings. The van der Waals surface area contributed by atoms with Crippen molar-refractivity contribution in [3.63, 3.8) is 0 Å². The van der Waals surface area contributed by atoms with Gasteiger partial charge in [0.15, 0.2) is 0 Å². The van der Waals surface area contributed by atoms with Crippen LogP contribution in [-0.4, -0.2) is 11.6 Å². The summed E-state index contributed by atoms with van der Waals surface area (Å²) in [4.78, 5) is 10.2. The fourth-order valence-corrected chi connectivity index (χ4v) is 5.91. The maximum absolute atomic E-state index is 10.2. The van der Waals surface area contributed by atoms with Gasteiger partial charge in [0.05, 0.1) is 0 Å². The molecule has 1 spiro atoms. The summed E-state index contributed by atoms with van der Waals surface area (Å²) in [6.07, 6.45) is 17.7. The topological polar surface area (TPSA) is 38.3 Å². The van der Waals surface area contributed by atoms with Crippen LogP contribution in [0.1, 0.15) is 146 Å². The third kappa shape index (κ3) is 11.1. The number of hydrogen-bond acceptors (Lipinski definition) is 3. The van der Waals surface area contributed by atoms with Crippen molar-refractivity contribution < 1.29 is 9.53 Å². The molecule has 1 aliphatic heterocycles. The molecule has 3 nitrogen and oxygen atoms in total. The number of rotatable bonds is 3. The summed E-state index contributed by atoms with van der Waals surface area (Å²) in [5.41, 5.74) is 4.59. The third-order valence-corrected chi connectivity index (χ3v) is 8.24. The number of carbonyl (C=O) groups is 1. The molecule has 0 saturated heterocycles. The Bertz CT molecular complexity index is 676. The summed E-state index contributed by atoms with van der Waals surface area (Å²) in [6, 6.07) is 0. The Balaban J connectivity index is 0.000000427. The molecule has 1 heterocycles. The summed E-state index contributed by atoms with van der Waals surface area (Å²) >= 11 is 0. The second-order valence-electron chi connectivity index (χ2n) is 12.6. The Labute approximate surface area is 218 Å². The van der Waals surface area contributed by atoms with Gasteiger partial charge in [-0.3, -0.25) is 4.79 Å². The van der Waals surface area contributed by atoms with E-state index >= 15 is 0 Å². The summed E-state index contributed by atoms with van der Waals surface area (Å²) in [5, 5.41) is 3.86. The van der Waals surface area contributed by atoms with Crippen LogP contribution in [0.3, 0.4) is 0 Å². The minimum atomic E-state index is -0.328. The first-order chi connectivity index (χ1) is 16.4. The lowest BCUT2D eigenvalue weighted by Gasteiger charge is -2.43. The summed E-state index contributed by atoms with van der Waals surface area (Å²) in [6.45, 7) is 23.0. The van der Waals surface area contributed by atoms with E-state index in [1.807, 2.05) is 20.8 Å². The number of carbonyl (C=O) groups excluding carboxylic acids is 1. The number of hydrogen-bond donors (Lipinski definition) is 1. The molecule has 3 rings (SSSR count). The summed E-state index contributed by atoms with van der Waals surface area (Å²) < 4.78 is 4.80. The highest BCUT2D eigenvalue weighted by molar-refractivity contribution is 5.66. The maximum Gasteiger partial charge on any atom is 0.303 e. The smallest absolute Gasteiger partial charge is 0.303 e. The Morgan fingerprint density at radius 3 is 2.09 bits per heavy atom. The van der Waals surface area contributed by atoms with Crippen LogP contribution >= 0.6 is 0 Å². The Kier molecular flexibility index (Phi) is 13.7. The van der Waals surface area contributed by atoms with Crippen LogP contribution in [0, 0.1) is 23.2 Å². The molecule has 2 atom stereocenters. The van der Waals surface area contributed by atoms with Gasteiger partial charge in [0.2, 0.25) is 0 Å². The molecule has 0 aromatic carbocycles. The Morgan fingerprint density at radius 1 is 1.03 bits per heavy atom. The first-order valence-corrected chi connectivity index (χ1v) is 14.7. The van der Waals surface area contributed by atoms with E-state index in [9.17, 15) is 4.79 Å². The molecule has 2 unspecified atom stereocenters. The third-order valence-electron chi connectivity index (χ3n) is 8.24. The van der Waals surface area contributed by atoms with Crippen LogP contribution in [0.25, 0.3) is 0 Å². The SMILES string of the molecule is C=C1NC(C2CCC(C)CC2)=C(C)CC12CCCC(CC)CC2.CC(=O)OC(C)(C)C.CCCC. The average molecular weight is 490 g/mol. The highest BCUT2D eigenvalue weighted by Crippen LogP contribution is 2.50. The van der Waals surface area contributed by atoms with Gasteiger partial charge in [-0.05, 0) is 84.0 Å². The van der Waals surface area contributed by atoms with E-state index in [-0.39, 0.29) is 11.6 Å². The molecule has 2 fully saturated rings. The van der Waals surface area contributed by atoms with Crippen LogP contribution < -0.4 is 5.32 Å². The fourth-order valence-electron chi connectivity index (χ4n) is 5.91. The molecule has 204 valence electrons. The molecule has 2 saturated carbocycles. The number of unbranched alkanes of at least 4 members (excludes halogenated alkanes) is 1. The van der Waals surface area contributed by atoms with E-state index in [4.69, 9.17) is 4.74 Å². The predicted octanol–water partition coefficient (Wildman–Crippen LogP) is 9.72. The molecule has 2 aliphatic carbocycles. The number of ether oxygens (including phenoxy) is 1. The van der Waals surface area contributed by atoms with Gasteiger partial charge in [0.1, 0.15) is 5.60 Å². The van der Waals surface area contributed by atoms with Crippen LogP contribution in [0.5, 0.6) is 0 Å². The van der Waals surface area contributed by atoms with Gasteiger partial charge in [-0.25, -0.2) is 0 Å². The van der Waals surface area contributed by atoms with Gasteiger partial charge in [-0.2, -0.15) is 0 Å². The van der Waals surface area contributed by atoms with Gasteiger partial charge in [-0.15, -0.1) is 0 Å². The lowest BCUT2D eigenvalue weighted by molar-refractivity contribution is -0.151. The van der Waals surface area contributed by atoms with Crippen molar-refractivity contribution in [2.75, 3.05) is 0 Å². The van der Waals surface area contributed by atoms with Crippen LogP contribution in [0.2, 0.25) is 0 Å². The number of nitrogens with one attached hydrogen (secondary N) is 1. The molecule has 3 heteroatoms. The number of esters is 1. The quantitative estimate of drug-likeness (QED) is 0.401. The van der Waals surface area contributed by atoms with E-state index in [1.54, 1.807) is 11.3 Å². The first-order valence-electron chi connectivity index (χ1n) is 14.7. The van der Waals surface area contributed by atoms with E-state index in [0.717, 1.165) is 17.8 Å². The molecule has 0 aromatic rings. The van der Waals surface area contributed by atoms with E-state index in [1.165, 1.54) is 96.1 Å². The molecule has 0 aromatic heterocycles. The fraction of sp³-hybridized carbons (Fsp3) is 0.844. The highest BCUT2D eigenvalue weighted by Gasteiger charge is 2.40. The largest absolute Gasteiger partial charge is 0.460 e. The van der Waals surface area contributed by atoms with E-state index in [2.05, 4.69) is 46.5 Å². The van der Waals surface area contributed by atoms with Crippen molar-refractivity contribution in [2.45, 2.75) is 151 Å². The molecule has 0 amide bonds.